The largest absolute Gasteiger partial charge is 0.482 e. The minimum absolute atomic E-state index is 0.0278. The van der Waals surface area contributed by atoms with Crippen molar-refractivity contribution in [2.45, 2.75) is 31.7 Å². The van der Waals surface area contributed by atoms with E-state index in [2.05, 4.69) is 20.6 Å². The number of H-pyrrole nitrogens is 1. The third-order valence-electron chi connectivity index (χ3n) is 5.60. The van der Waals surface area contributed by atoms with Crippen molar-refractivity contribution in [1.82, 2.24) is 15.3 Å². The van der Waals surface area contributed by atoms with Crippen molar-refractivity contribution in [3.05, 3.63) is 50.4 Å². The van der Waals surface area contributed by atoms with Gasteiger partial charge in [0.1, 0.15) is 10.6 Å². The van der Waals surface area contributed by atoms with E-state index in [0.717, 1.165) is 28.8 Å². The van der Waals surface area contributed by atoms with Gasteiger partial charge in [-0.2, -0.15) is 0 Å². The molecule has 0 radical (unpaired) electrons. The molecule has 1 aromatic carbocycles. The first kappa shape index (κ1) is 20.2. The van der Waals surface area contributed by atoms with Crippen LogP contribution in [0.1, 0.15) is 45.4 Å². The molecule has 1 aliphatic carbocycles. The zero-order chi connectivity index (χ0) is 22.4. The minimum Gasteiger partial charge on any atom is -0.482 e. The molecule has 0 saturated heterocycles. The molecule has 1 atom stereocenters. The first-order valence-corrected chi connectivity index (χ1v) is 10.9. The summed E-state index contributed by atoms with van der Waals surface area (Å²) in [6.45, 7) is 0.144. The number of nitrogens with two attached hydrogens (primary N) is 1. The summed E-state index contributed by atoms with van der Waals surface area (Å²) in [7, 11) is 0. The van der Waals surface area contributed by atoms with Crippen LogP contribution in [0.4, 0.5) is 5.69 Å². The normalized spacial score (nSPS) is 16.8. The fourth-order valence-corrected chi connectivity index (χ4v) is 5.48. The maximum absolute atomic E-state index is 12.8. The number of hydrogen-bond donors (Lipinski definition) is 4. The Balaban J connectivity index is 1.36. The number of aromatic nitrogens is 2. The molecular formula is C21H19N5O5S. The lowest BCUT2D eigenvalue weighted by molar-refractivity contribution is -0.119. The van der Waals surface area contributed by atoms with Crippen LogP contribution in [-0.4, -0.2) is 34.3 Å². The molecular weight excluding hydrogens is 434 g/mol. The summed E-state index contributed by atoms with van der Waals surface area (Å²) in [6.07, 6.45) is 1.72. The van der Waals surface area contributed by atoms with Crippen molar-refractivity contribution in [1.29, 1.82) is 0 Å². The molecule has 2 aromatic heterocycles. The van der Waals surface area contributed by atoms with E-state index in [0.29, 0.717) is 21.7 Å². The first-order valence-electron chi connectivity index (χ1n) is 10.1. The van der Waals surface area contributed by atoms with Crippen molar-refractivity contribution in [3.8, 4) is 5.75 Å². The molecule has 1 unspecified atom stereocenters. The van der Waals surface area contributed by atoms with Crippen LogP contribution in [0.25, 0.3) is 10.2 Å². The molecule has 0 saturated carbocycles. The number of anilines is 1. The monoisotopic (exact) mass is 453 g/mol. The molecule has 164 valence electrons. The van der Waals surface area contributed by atoms with Crippen LogP contribution < -0.4 is 26.7 Å². The van der Waals surface area contributed by atoms with E-state index in [4.69, 9.17) is 10.5 Å². The Morgan fingerprint density at radius 2 is 2.16 bits per heavy atom. The Morgan fingerprint density at radius 1 is 1.31 bits per heavy atom. The number of nitrogens with one attached hydrogen (secondary N) is 3. The third kappa shape index (κ3) is 3.60. The second kappa shape index (κ2) is 7.75. The van der Waals surface area contributed by atoms with E-state index in [1.807, 2.05) is 0 Å². The lowest BCUT2D eigenvalue weighted by atomic mass is 9.97. The van der Waals surface area contributed by atoms with E-state index in [1.54, 1.807) is 18.2 Å². The van der Waals surface area contributed by atoms with Crippen LogP contribution in [0.3, 0.4) is 0 Å². The number of amides is 3. The van der Waals surface area contributed by atoms with Crippen molar-refractivity contribution in [3.63, 3.8) is 0 Å². The highest BCUT2D eigenvalue weighted by Gasteiger charge is 2.31. The molecule has 5 rings (SSSR count). The van der Waals surface area contributed by atoms with Crippen molar-refractivity contribution >= 4 is 45.0 Å². The molecule has 0 spiro atoms. The summed E-state index contributed by atoms with van der Waals surface area (Å²) >= 11 is 1.38. The van der Waals surface area contributed by atoms with E-state index in [-0.39, 0.29) is 37.2 Å². The van der Waals surface area contributed by atoms with Gasteiger partial charge in [0.05, 0.1) is 11.1 Å². The Kier molecular flexibility index (Phi) is 4.89. The number of carbonyl (C=O) groups excluding carboxylic acids is 3. The number of ether oxygens (including phenoxy) is 1. The van der Waals surface area contributed by atoms with Gasteiger partial charge >= 0.3 is 0 Å². The highest BCUT2D eigenvalue weighted by Crippen LogP contribution is 2.43. The standard InChI is InChI=1S/C21H19N5O5S/c22-14(27)6-10-2-4-13-16(10)17-19(29)25-18(26-21(17)32-13)20(30)23-7-9-1-3-12-11(5-9)24-15(28)8-31-12/h1,3,5,10H,2,4,6-8H2,(H2,22,27)(H,23,30)(H,24,28)(H,25,26,29). The smallest absolute Gasteiger partial charge is 0.287 e. The maximum atomic E-state index is 12.8. The first-order chi connectivity index (χ1) is 15.4. The lowest BCUT2D eigenvalue weighted by Gasteiger charge is -2.18. The molecule has 3 amide bonds. The number of hydrogen-bond acceptors (Lipinski definition) is 7. The summed E-state index contributed by atoms with van der Waals surface area (Å²) in [5.74, 6) is -0.776. The Hall–Kier alpha value is -3.73. The predicted octanol–water partition coefficient (Wildman–Crippen LogP) is 1.15. The van der Waals surface area contributed by atoms with E-state index in [9.17, 15) is 19.2 Å². The lowest BCUT2D eigenvalue weighted by Crippen LogP contribution is -2.28. The summed E-state index contributed by atoms with van der Waals surface area (Å²) < 4.78 is 5.32. The molecule has 5 N–H and O–H groups in total. The van der Waals surface area contributed by atoms with Gasteiger partial charge in [-0.25, -0.2) is 4.98 Å². The second-order valence-corrected chi connectivity index (χ2v) is 8.87. The molecule has 3 aromatic rings. The highest BCUT2D eigenvalue weighted by atomic mass is 32.1. The number of nitrogens with zero attached hydrogens (tertiary/aromatic N) is 1. The maximum Gasteiger partial charge on any atom is 0.287 e. The van der Waals surface area contributed by atoms with Crippen LogP contribution in [0.2, 0.25) is 0 Å². The molecule has 2 aliphatic rings. The van der Waals surface area contributed by atoms with Crippen molar-refractivity contribution < 1.29 is 19.1 Å². The van der Waals surface area contributed by atoms with Crippen LogP contribution in [0, 0.1) is 0 Å². The van der Waals surface area contributed by atoms with Gasteiger partial charge in [-0.05, 0) is 42.0 Å². The average Bonchev–Trinajstić information content (AvgIpc) is 3.30. The molecule has 0 bridgehead atoms. The summed E-state index contributed by atoms with van der Waals surface area (Å²) in [5, 5.41) is 5.89. The van der Waals surface area contributed by atoms with Gasteiger partial charge in [0.2, 0.25) is 11.7 Å². The number of thiophene rings is 1. The number of aryl methyl sites for hydroxylation is 1. The van der Waals surface area contributed by atoms with Gasteiger partial charge in [-0.3, -0.25) is 19.2 Å². The third-order valence-corrected chi connectivity index (χ3v) is 6.76. The molecule has 3 heterocycles. The molecule has 1 aliphatic heterocycles. The zero-order valence-electron chi connectivity index (χ0n) is 16.8. The Labute approximate surface area is 185 Å². The summed E-state index contributed by atoms with van der Waals surface area (Å²) in [5.41, 5.74) is 7.08. The average molecular weight is 453 g/mol. The highest BCUT2D eigenvalue weighted by molar-refractivity contribution is 7.18. The molecule has 10 nitrogen and oxygen atoms in total. The number of aromatic amines is 1. The van der Waals surface area contributed by atoms with E-state index in [1.165, 1.54) is 11.3 Å². The van der Waals surface area contributed by atoms with Gasteiger partial charge in [-0.1, -0.05) is 6.07 Å². The summed E-state index contributed by atoms with van der Waals surface area (Å²) in [6, 6.07) is 5.21. The van der Waals surface area contributed by atoms with Crippen LogP contribution in [0.5, 0.6) is 5.75 Å². The number of primary amides is 1. The number of rotatable bonds is 5. The molecule has 32 heavy (non-hydrogen) atoms. The SMILES string of the molecule is NC(=O)CC1CCc2sc3nc(C(=O)NCc4ccc5c(c4)NC(=O)CO5)[nH]c(=O)c3c21. The Morgan fingerprint density at radius 3 is 2.97 bits per heavy atom. The fraction of sp³-hybridized carbons (Fsp3) is 0.286. The molecule has 11 heteroatoms. The van der Waals surface area contributed by atoms with Gasteiger partial charge in [0.25, 0.3) is 17.4 Å². The molecule has 0 fully saturated rings. The van der Waals surface area contributed by atoms with Gasteiger partial charge in [-0.15, -0.1) is 11.3 Å². The van der Waals surface area contributed by atoms with Crippen molar-refractivity contribution in [2.24, 2.45) is 5.73 Å². The fourth-order valence-electron chi connectivity index (χ4n) is 4.20. The quantitative estimate of drug-likeness (QED) is 0.454. The van der Waals surface area contributed by atoms with Gasteiger partial charge in [0.15, 0.2) is 6.61 Å². The number of fused-ring (bicyclic) bond motifs is 4. The number of carbonyl (C=O) groups is 3. The zero-order valence-corrected chi connectivity index (χ0v) is 17.6. The minimum atomic E-state index is -0.524. The number of benzene rings is 1. The van der Waals surface area contributed by atoms with Crippen molar-refractivity contribution in [2.75, 3.05) is 11.9 Å². The van der Waals surface area contributed by atoms with Crippen LogP contribution >= 0.6 is 11.3 Å². The van der Waals surface area contributed by atoms with E-state index < -0.39 is 17.4 Å². The van der Waals surface area contributed by atoms with Gasteiger partial charge in [0, 0.05) is 17.8 Å². The second-order valence-electron chi connectivity index (χ2n) is 7.79. The van der Waals surface area contributed by atoms with Crippen LogP contribution in [0.15, 0.2) is 23.0 Å². The van der Waals surface area contributed by atoms with E-state index >= 15 is 0 Å². The Bertz CT molecular complexity index is 1340. The predicted molar refractivity (Wildman–Crippen MR) is 117 cm³/mol. The summed E-state index contributed by atoms with van der Waals surface area (Å²) in [4.78, 5) is 56.7. The van der Waals surface area contributed by atoms with Gasteiger partial charge < -0.3 is 26.1 Å². The van der Waals surface area contributed by atoms with Crippen LogP contribution in [-0.2, 0) is 22.6 Å². The topological polar surface area (TPSA) is 156 Å².